The summed E-state index contributed by atoms with van der Waals surface area (Å²) in [5.41, 5.74) is 1.46. The molecular weight excluding hydrogens is 484 g/mol. The number of Topliss-reactive ketones (excluding diaryl/α,β-unsaturated/α-hetero) is 1. The van der Waals surface area contributed by atoms with Crippen LogP contribution in [0.3, 0.4) is 0 Å². The van der Waals surface area contributed by atoms with Crippen molar-refractivity contribution in [2.24, 2.45) is 5.92 Å². The fourth-order valence-corrected chi connectivity index (χ4v) is 5.72. The highest BCUT2D eigenvalue weighted by Crippen LogP contribution is 2.31. The lowest BCUT2D eigenvalue weighted by Crippen LogP contribution is -2.53. The summed E-state index contributed by atoms with van der Waals surface area (Å²) in [5, 5.41) is 2.93. The number of carbonyl (C=O) groups excluding carboxylic acids is 4. The monoisotopic (exact) mass is 526 g/mol. The Kier molecular flexibility index (Phi) is 8.72. The number of nitrogens with one attached hydrogen (secondary N) is 1. The molecule has 0 saturated carbocycles. The van der Waals surface area contributed by atoms with E-state index in [0.717, 1.165) is 31.9 Å². The molecule has 0 aromatic heterocycles. The van der Waals surface area contributed by atoms with Gasteiger partial charge < -0.3 is 24.9 Å². The third kappa shape index (κ3) is 6.18. The Bertz CT molecular complexity index is 1030. The smallest absolute Gasteiger partial charge is 0.251 e. The van der Waals surface area contributed by atoms with E-state index in [9.17, 15) is 19.2 Å². The molecule has 38 heavy (non-hydrogen) atoms. The number of benzene rings is 1. The van der Waals surface area contributed by atoms with Gasteiger partial charge in [-0.25, -0.2) is 0 Å². The fourth-order valence-electron chi connectivity index (χ4n) is 5.72. The van der Waals surface area contributed by atoms with E-state index in [2.05, 4.69) is 22.2 Å². The Morgan fingerprint density at radius 3 is 2.26 bits per heavy atom. The molecule has 3 saturated heterocycles. The topological polar surface area (TPSA) is 96.5 Å². The van der Waals surface area contributed by atoms with Gasteiger partial charge in [0.05, 0.1) is 19.1 Å². The van der Waals surface area contributed by atoms with Gasteiger partial charge in [0.1, 0.15) is 12.1 Å². The normalized spacial score (nSPS) is 23.1. The van der Waals surface area contributed by atoms with E-state index in [1.165, 1.54) is 0 Å². The van der Waals surface area contributed by atoms with Crippen molar-refractivity contribution in [3.63, 3.8) is 0 Å². The van der Waals surface area contributed by atoms with Gasteiger partial charge >= 0.3 is 0 Å². The number of carbonyl (C=O) groups is 4. The molecule has 1 aromatic carbocycles. The maximum absolute atomic E-state index is 13.7. The summed E-state index contributed by atoms with van der Waals surface area (Å²) in [6.07, 6.45) is 1.04. The summed E-state index contributed by atoms with van der Waals surface area (Å²) in [4.78, 5) is 62.7. The molecule has 4 rings (SSSR count). The predicted molar refractivity (Wildman–Crippen MR) is 146 cm³/mol. The van der Waals surface area contributed by atoms with Crippen LogP contribution in [0, 0.1) is 5.92 Å². The molecule has 10 nitrogen and oxygen atoms in total. The minimum Gasteiger partial charge on any atom is -0.378 e. The molecule has 0 bridgehead atoms. The lowest BCUT2D eigenvalue weighted by atomic mass is 10.0. The summed E-state index contributed by atoms with van der Waals surface area (Å²) >= 11 is 0. The quantitative estimate of drug-likeness (QED) is 0.528. The Morgan fingerprint density at radius 1 is 1.00 bits per heavy atom. The van der Waals surface area contributed by atoms with Crippen LogP contribution in [0.2, 0.25) is 0 Å². The molecule has 3 unspecified atom stereocenters. The van der Waals surface area contributed by atoms with Crippen LogP contribution < -0.4 is 10.2 Å². The first-order valence-corrected chi connectivity index (χ1v) is 13.7. The first-order valence-electron chi connectivity index (χ1n) is 13.7. The van der Waals surface area contributed by atoms with Crippen molar-refractivity contribution in [2.45, 2.75) is 44.8 Å². The highest BCUT2D eigenvalue weighted by molar-refractivity contribution is 6.01. The van der Waals surface area contributed by atoms with Crippen molar-refractivity contribution in [3.05, 3.63) is 29.8 Å². The SMILES string of the molecule is CC(C)CC(NC(=O)c1ccc(N(C)C)cc1)C(=O)N1CCC2C1C(=O)CN2C(=O)CN1CCN(C)CC1. The molecule has 3 fully saturated rings. The van der Waals surface area contributed by atoms with Gasteiger partial charge in [0.2, 0.25) is 11.8 Å². The van der Waals surface area contributed by atoms with Crippen LogP contribution in [0.25, 0.3) is 0 Å². The van der Waals surface area contributed by atoms with Crippen molar-refractivity contribution < 1.29 is 19.2 Å². The number of anilines is 1. The maximum atomic E-state index is 13.7. The Labute approximate surface area is 225 Å². The molecule has 1 aromatic rings. The first kappa shape index (κ1) is 28.0. The van der Waals surface area contributed by atoms with Crippen molar-refractivity contribution in [1.29, 1.82) is 0 Å². The molecule has 3 atom stereocenters. The number of ketones is 1. The lowest BCUT2D eigenvalue weighted by Gasteiger charge is -2.33. The van der Waals surface area contributed by atoms with Crippen LogP contribution >= 0.6 is 0 Å². The van der Waals surface area contributed by atoms with E-state index >= 15 is 0 Å². The number of hydrogen-bond acceptors (Lipinski definition) is 7. The Hall–Kier alpha value is -2.98. The maximum Gasteiger partial charge on any atom is 0.251 e. The van der Waals surface area contributed by atoms with E-state index in [-0.39, 0.29) is 42.0 Å². The highest BCUT2D eigenvalue weighted by atomic mass is 16.2. The van der Waals surface area contributed by atoms with E-state index in [1.807, 2.05) is 45.0 Å². The summed E-state index contributed by atoms with van der Waals surface area (Å²) in [5.74, 6) is -0.531. The zero-order chi connectivity index (χ0) is 27.6. The van der Waals surface area contributed by atoms with Gasteiger partial charge in [-0.15, -0.1) is 0 Å². The number of likely N-dealkylation sites (N-methyl/N-ethyl adjacent to an activating group) is 1. The first-order chi connectivity index (χ1) is 18.0. The van der Waals surface area contributed by atoms with E-state index in [1.54, 1.807) is 21.9 Å². The third-order valence-corrected chi connectivity index (χ3v) is 7.94. The molecule has 0 spiro atoms. The molecule has 0 aliphatic carbocycles. The zero-order valence-corrected chi connectivity index (χ0v) is 23.4. The standard InChI is InChI=1S/C28H42N6O4/c1-19(2)16-22(29-27(37)20-6-8-21(9-7-20)30(3)4)28(38)33-11-10-23-26(33)24(35)17-34(23)25(36)18-32-14-12-31(5)13-15-32/h6-9,19,22-23,26H,10-18H2,1-5H3,(H,29,37). The number of amides is 3. The number of nitrogens with zero attached hydrogens (tertiary/aromatic N) is 5. The van der Waals surface area contributed by atoms with Gasteiger partial charge in [0, 0.05) is 58.1 Å². The molecule has 3 amide bonds. The minimum atomic E-state index is -0.738. The lowest BCUT2D eigenvalue weighted by molar-refractivity contribution is -0.138. The van der Waals surface area contributed by atoms with Crippen LogP contribution in [-0.2, 0) is 14.4 Å². The van der Waals surface area contributed by atoms with E-state index in [4.69, 9.17) is 0 Å². The molecule has 0 radical (unpaired) electrons. The average Bonchev–Trinajstić information content (AvgIpc) is 3.45. The fraction of sp³-hybridized carbons (Fsp3) is 0.643. The zero-order valence-electron chi connectivity index (χ0n) is 23.4. The highest BCUT2D eigenvalue weighted by Gasteiger charge is 2.52. The average molecular weight is 527 g/mol. The second-order valence-electron chi connectivity index (χ2n) is 11.5. The number of piperazine rings is 1. The summed E-state index contributed by atoms with van der Waals surface area (Å²) < 4.78 is 0. The number of hydrogen-bond donors (Lipinski definition) is 1. The van der Waals surface area contributed by atoms with Crippen LogP contribution in [-0.4, -0.2) is 128 Å². The molecule has 10 heteroatoms. The molecule has 208 valence electrons. The van der Waals surface area contributed by atoms with Gasteiger partial charge in [-0.3, -0.25) is 24.1 Å². The molecule has 3 aliphatic heterocycles. The summed E-state index contributed by atoms with van der Waals surface area (Å²) in [6, 6.07) is 5.56. The van der Waals surface area contributed by atoms with Crippen LogP contribution in [0.4, 0.5) is 5.69 Å². The van der Waals surface area contributed by atoms with Gasteiger partial charge in [-0.05, 0) is 50.1 Å². The van der Waals surface area contributed by atoms with Crippen molar-refractivity contribution in [2.75, 3.05) is 71.9 Å². The second kappa shape index (κ2) is 11.8. The van der Waals surface area contributed by atoms with Gasteiger partial charge in [0.15, 0.2) is 5.78 Å². The number of likely N-dealkylation sites (tertiary alicyclic amines) is 2. The van der Waals surface area contributed by atoms with E-state index in [0.29, 0.717) is 31.5 Å². The molecule has 3 aliphatic rings. The predicted octanol–water partition coefficient (Wildman–Crippen LogP) is 0.525. The molecule has 3 heterocycles. The van der Waals surface area contributed by atoms with Crippen molar-refractivity contribution in [1.82, 2.24) is 24.9 Å². The minimum absolute atomic E-state index is 0.0436. The molecule has 1 N–H and O–H groups in total. The van der Waals surface area contributed by atoms with Crippen LogP contribution in [0.15, 0.2) is 24.3 Å². The summed E-state index contributed by atoms with van der Waals surface area (Å²) in [7, 11) is 5.94. The third-order valence-electron chi connectivity index (χ3n) is 7.94. The van der Waals surface area contributed by atoms with Crippen LogP contribution in [0.5, 0.6) is 0 Å². The van der Waals surface area contributed by atoms with Gasteiger partial charge in [-0.1, -0.05) is 13.8 Å². The number of fused-ring (bicyclic) bond motifs is 1. The van der Waals surface area contributed by atoms with Gasteiger partial charge in [-0.2, -0.15) is 0 Å². The second-order valence-corrected chi connectivity index (χ2v) is 11.5. The van der Waals surface area contributed by atoms with Crippen LogP contribution in [0.1, 0.15) is 37.0 Å². The molecular formula is C28H42N6O4. The number of rotatable bonds is 8. The van der Waals surface area contributed by atoms with Crippen molar-refractivity contribution >= 4 is 29.2 Å². The van der Waals surface area contributed by atoms with Crippen molar-refractivity contribution in [3.8, 4) is 0 Å². The van der Waals surface area contributed by atoms with Gasteiger partial charge in [0.25, 0.3) is 5.91 Å². The largest absolute Gasteiger partial charge is 0.378 e. The Balaban J connectivity index is 1.42. The Morgan fingerprint density at radius 2 is 1.66 bits per heavy atom. The van der Waals surface area contributed by atoms with E-state index < -0.39 is 12.1 Å². The summed E-state index contributed by atoms with van der Waals surface area (Å²) in [6.45, 7) is 8.26.